The lowest BCUT2D eigenvalue weighted by atomic mass is 9.54. The summed E-state index contributed by atoms with van der Waals surface area (Å²) in [6, 6.07) is 0.297. The third-order valence-electron chi connectivity index (χ3n) is 6.81. The zero-order valence-corrected chi connectivity index (χ0v) is 16.5. The van der Waals surface area contributed by atoms with Crippen molar-refractivity contribution in [2.75, 3.05) is 26.3 Å². The molecule has 0 aromatic rings. The summed E-state index contributed by atoms with van der Waals surface area (Å²) in [6.45, 7) is 3.37. The van der Waals surface area contributed by atoms with Crippen molar-refractivity contribution >= 4 is 23.4 Å². The number of hydrogen-bond acceptors (Lipinski definition) is 5. The lowest BCUT2D eigenvalue weighted by molar-refractivity contribution is -0.148. The van der Waals surface area contributed by atoms with Crippen molar-refractivity contribution in [3.05, 3.63) is 0 Å². The average Bonchev–Trinajstić information content (AvgIpc) is 2.68. The van der Waals surface area contributed by atoms with E-state index >= 15 is 0 Å². The Labute approximate surface area is 165 Å². The van der Waals surface area contributed by atoms with Crippen LogP contribution in [-0.2, 0) is 19.1 Å². The van der Waals surface area contributed by atoms with Crippen LogP contribution < -0.4 is 10.7 Å². The normalized spacial score (nSPS) is 34.2. The summed E-state index contributed by atoms with van der Waals surface area (Å²) in [6.07, 6.45) is 6.54. The van der Waals surface area contributed by atoms with Crippen molar-refractivity contribution in [3.63, 3.8) is 0 Å². The molecule has 154 valence electrons. The van der Waals surface area contributed by atoms with Crippen LogP contribution in [0.2, 0.25) is 0 Å². The Balaban J connectivity index is 1.24. The third-order valence-corrected chi connectivity index (χ3v) is 6.81. The maximum Gasteiger partial charge on any atom is 0.329 e. The van der Waals surface area contributed by atoms with Gasteiger partial charge in [-0.3, -0.25) is 14.4 Å². The molecule has 4 bridgehead atoms. The SMILES string of the molecule is C/C(CC(=O)NC1C2CC3CC(C2)CC1C3)=N/NC(=O)C(=O)N1CCOCC1. The molecule has 2 N–H and O–H groups in total. The fraction of sp³-hybridized carbons (Fsp3) is 0.800. The fourth-order valence-electron chi connectivity index (χ4n) is 5.77. The van der Waals surface area contributed by atoms with Gasteiger partial charge in [0.05, 0.1) is 19.6 Å². The number of carbonyl (C=O) groups excluding carboxylic acids is 3. The Morgan fingerprint density at radius 1 is 1.00 bits per heavy atom. The molecule has 1 saturated heterocycles. The van der Waals surface area contributed by atoms with Gasteiger partial charge in [0.1, 0.15) is 0 Å². The van der Waals surface area contributed by atoms with Crippen LogP contribution in [0.15, 0.2) is 5.10 Å². The smallest absolute Gasteiger partial charge is 0.329 e. The highest BCUT2D eigenvalue weighted by atomic mass is 16.5. The van der Waals surface area contributed by atoms with E-state index in [2.05, 4.69) is 15.8 Å². The Morgan fingerprint density at radius 2 is 1.61 bits per heavy atom. The second kappa shape index (κ2) is 8.19. The third kappa shape index (κ3) is 4.21. The zero-order chi connectivity index (χ0) is 19.7. The maximum absolute atomic E-state index is 12.5. The van der Waals surface area contributed by atoms with Gasteiger partial charge in [0.2, 0.25) is 5.91 Å². The second-order valence-electron chi connectivity index (χ2n) is 8.89. The minimum atomic E-state index is -0.775. The van der Waals surface area contributed by atoms with Crippen LogP contribution in [0.1, 0.15) is 45.4 Å². The summed E-state index contributed by atoms with van der Waals surface area (Å²) < 4.78 is 5.17. The molecule has 0 aromatic carbocycles. The number of hydrazone groups is 1. The van der Waals surface area contributed by atoms with E-state index in [0.717, 1.165) is 11.8 Å². The largest absolute Gasteiger partial charge is 0.378 e. The molecule has 28 heavy (non-hydrogen) atoms. The Morgan fingerprint density at radius 3 is 2.21 bits per heavy atom. The number of hydrogen-bond donors (Lipinski definition) is 2. The van der Waals surface area contributed by atoms with Crippen LogP contribution in [0.4, 0.5) is 0 Å². The van der Waals surface area contributed by atoms with Crippen LogP contribution >= 0.6 is 0 Å². The molecule has 4 saturated carbocycles. The van der Waals surface area contributed by atoms with Crippen LogP contribution in [0, 0.1) is 23.7 Å². The number of nitrogens with one attached hydrogen (secondary N) is 2. The molecule has 5 fully saturated rings. The summed E-state index contributed by atoms with van der Waals surface area (Å²) in [5.74, 6) is 1.57. The van der Waals surface area contributed by atoms with E-state index in [1.54, 1.807) is 6.92 Å². The molecule has 5 aliphatic rings. The summed E-state index contributed by atoms with van der Waals surface area (Å²) in [7, 11) is 0. The van der Waals surface area contributed by atoms with Crippen molar-refractivity contribution in [2.45, 2.75) is 51.5 Å². The Hall–Kier alpha value is -1.96. The van der Waals surface area contributed by atoms with Gasteiger partial charge in [0, 0.05) is 24.8 Å². The fourth-order valence-corrected chi connectivity index (χ4v) is 5.77. The molecule has 1 aliphatic heterocycles. The molecular formula is C20H30N4O4. The summed E-state index contributed by atoms with van der Waals surface area (Å²) in [4.78, 5) is 37.9. The summed E-state index contributed by atoms with van der Waals surface area (Å²) >= 11 is 0. The van der Waals surface area contributed by atoms with Gasteiger partial charge in [-0.05, 0) is 62.7 Å². The van der Waals surface area contributed by atoms with Gasteiger partial charge in [-0.1, -0.05) is 0 Å². The monoisotopic (exact) mass is 390 g/mol. The van der Waals surface area contributed by atoms with E-state index in [4.69, 9.17) is 4.74 Å². The number of morpholine rings is 1. The number of ether oxygens (including phenoxy) is 1. The number of amides is 3. The molecule has 0 spiro atoms. The first-order valence-electron chi connectivity index (χ1n) is 10.5. The van der Waals surface area contributed by atoms with Crippen molar-refractivity contribution in [1.29, 1.82) is 0 Å². The lowest BCUT2D eigenvalue weighted by Gasteiger charge is -2.54. The molecule has 5 rings (SSSR count). The van der Waals surface area contributed by atoms with Crippen LogP contribution in [0.3, 0.4) is 0 Å². The average molecular weight is 390 g/mol. The van der Waals surface area contributed by atoms with E-state index in [9.17, 15) is 14.4 Å². The van der Waals surface area contributed by atoms with E-state index in [1.807, 2.05) is 0 Å². The highest BCUT2D eigenvalue weighted by molar-refractivity contribution is 6.35. The molecule has 0 unspecified atom stereocenters. The molecule has 0 radical (unpaired) electrons. The quantitative estimate of drug-likeness (QED) is 0.419. The Kier molecular flexibility index (Phi) is 5.66. The van der Waals surface area contributed by atoms with E-state index in [0.29, 0.717) is 49.9 Å². The first-order valence-corrected chi connectivity index (χ1v) is 10.5. The predicted molar refractivity (Wildman–Crippen MR) is 102 cm³/mol. The molecule has 4 aliphatic carbocycles. The highest BCUT2D eigenvalue weighted by Crippen LogP contribution is 2.53. The van der Waals surface area contributed by atoms with Crippen molar-refractivity contribution in [2.24, 2.45) is 28.8 Å². The van der Waals surface area contributed by atoms with E-state index < -0.39 is 11.8 Å². The van der Waals surface area contributed by atoms with Gasteiger partial charge in [0.15, 0.2) is 0 Å². The highest BCUT2D eigenvalue weighted by Gasteiger charge is 2.48. The molecular weight excluding hydrogens is 360 g/mol. The van der Waals surface area contributed by atoms with Crippen LogP contribution in [-0.4, -0.2) is 60.7 Å². The van der Waals surface area contributed by atoms with E-state index in [-0.39, 0.29) is 12.3 Å². The number of nitrogens with zero attached hydrogens (tertiary/aromatic N) is 2. The van der Waals surface area contributed by atoms with Crippen LogP contribution in [0.25, 0.3) is 0 Å². The minimum absolute atomic E-state index is 0.0486. The number of carbonyl (C=O) groups is 3. The molecule has 8 heteroatoms. The van der Waals surface area contributed by atoms with Gasteiger partial charge in [-0.15, -0.1) is 0 Å². The van der Waals surface area contributed by atoms with Gasteiger partial charge in [-0.25, -0.2) is 5.43 Å². The van der Waals surface area contributed by atoms with Crippen molar-refractivity contribution < 1.29 is 19.1 Å². The Bertz CT molecular complexity index is 643. The van der Waals surface area contributed by atoms with Crippen molar-refractivity contribution in [1.82, 2.24) is 15.6 Å². The van der Waals surface area contributed by atoms with Gasteiger partial charge in [0.25, 0.3) is 0 Å². The maximum atomic E-state index is 12.5. The molecule has 3 amide bonds. The zero-order valence-electron chi connectivity index (χ0n) is 16.5. The first kappa shape index (κ1) is 19.4. The second-order valence-corrected chi connectivity index (χ2v) is 8.89. The van der Waals surface area contributed by atoms with Crippen LogP contribution in [0.5, 0.6) is 0 Å². The standard InChI is InChI=1S/C20H30N4O4/c1-12(22-23-19(26)20(27)24-2-4-28-5-3-24)6-17(25)21-18-15-8-13-7-14(10-15)11-16(18)9-13/h13-16,18H,2-11H2,1H3,(H,21,25)(H,23,26)/b22-12-. The van der Waals surface area contributed by atoms with Crippen molar-refractivity contribution in [3.8, 4) is 0 Å². The summed E-state index contributed by atoms with van der Waals surface area (Å²) in [5, 5.41) is 7.18. The van der Waals surface area contributed by atoms with Gasteiger partial charge in [-0.2, -0.15) is 5.10 Å². The molecule has 0 atom stereocenters. The molecule has 8 nitrogen and oxygen atoms in total. The minimum Gasteiger partial charge on any atom is -0.378 e. The predicted octanol–water partition coefficient (Wildman–Crippen LogP) is 0.668. The van der Waals surface area contributed by atoms with Gasteiger partial charge >= 0.3 is 11.8 Å². The summed E-state index contributed by atoms with van der Waals surface area (Å²) in [5.41, 5.74) is 2.77. The topological polar surface area (TPSA) is 100 Å². The lowest BCUT2D eigenvalue weighted by Crippen LogP contribution is -2.56. The number of rotatable bonds is 4. The first-order chi connectivity index (χ1) is 13.5. The van der Waals surface area contributed by atoms with Gasteiger partial charge < -0.3 is 15.0 Å². The van der Waals surface area contributed by atoms with E-state index in [1.165, 1.54) is 37.0 Å². The molecule has 0 aromatic heterocycles. The molecule has 1 heterocycles.